The van der Waals surface area contributed by atoms with Crippen LogP contribution < -0.4 is 10.5 Å². The van der Waals surface area contributed by atoms with Crippen molar-refractivity contribution in [2.75, 3.05) is 11.4 Å². The molecular formula is C19H18N2O3. The zero-order valence-electron chi connectivity index (χ0n) is 13.3. The number of ketones is 1. The number of carbonyl (C=O) groups is 2. The van der Waals surface area contributed by atoms with E-state index in [1.54, 1.807) is 4.90 Å². The van der Waals surface area contributed by atoms with Crippen LogP contribution in [0.4, 0.5) is 5.69 Å². The fourth-order valence-electron chi connectivity index (χ4n) is 3.62. The number of fused-ring (bicyclic) bond motifs is 2. The first-order chi connectivity index (χ1) is 11.6. The molecule has 0 fully saturated rings. The molecule has 0 unspecified atom stereocenters. The van der Waals surface area contributed by atoms with Gasteiger partial charge >= 0.3 is 0 Å². The molecule has 1 N–H and O–H groups in total. The second-order valence-electron chi connectivity index (χ2n) is 6.37. The molecule has 1 aromatic heterocycles. The molecule has 0 saturated carbocycles. The van der Waals surface area contributed by atoms with Crippen LogP contribution in [0.25, 0.3) is 0 Å². The summed E-state index contributed by atoms with van der Waals surface area (Å²) in [6.07, 6.45) is 3.69. The van der Waals surface area contributed by atoms with E-state index in [9.17, 15) is 14.4 Å². The highest BCUT2D eigenvalue weighted by atomic mass is 16.2. The molecule has 0 spiro atoms. The average Bonchev–Trinajstić information content (AvgIpc) is 2.60. The van der Waals surface area contributed by atoms with Crippen LogP contribution in [0.3, 0.4) is 0 Å². The summed E-state index contributed by atoms with van der Waals surface area (Å²) in [4.78, 5) is 41.9. The maximum atomic E-state index is 13.0. The van der Waals surface area contributed by atoms with Crippen molar-refractivity contribution in [2.24, 2.45) is 0 Å². The van der Waals surface area contributed by atoms with Gasteiger partial charge in [0.1, 0.15) is 5.56 Å². The predicted octanol–water partition coefficient (Wildman–Crippen LogP) is 2.49. The molecule has 1 amide bonds. The van der Waals surface area contributed by atoms with Crippen molar-refractivity contribution in [1.82, 2.24) is 4.98 Å². The Morgan fingerprint density at radius 1 is 1.04 bits per heavy atom. The van der Waals surface area contributed by atoms with Crippen LogP contribution in [0.1, 0.15) is 51.2 Å². The molecule has 1 aromatic carbocycles. The number of anilines is 1. The maximum absolute atomic E-state index is 13.0. The van der Waals surface area contributed by atoms with E-state index in [-0.39, 0.29) is 17.3 Å². The Morgan fingerprint density at radius 3 is 2.75 bits per heavy atom. The van der Waals surface area contributed by atoms with Gasteiger partial charge in [0.2, 0.25) is 0 Å². The Bertz CT molecular complexity index is 898. The SMILES string of the molecule is O=C1CCCc2[nH]c(=O)c(C(=O)N3CCCc4ccccc43)cc21. The minimum atomic E-state index is -0.406. The lowest BCUT2D eigenvalue weighted by molar-refractivity contribution is 0.0971. The number of hydrogen-bond donors (Lipinski definition) is 1. The van der Waals surface area contributed by atoms with Crippen molar-refractivity contribution in [2.45, 2.75) is 32.1 Å². The number of pyridine rings is 1. The number of hydrogen-bond acceptors (Lipinski definition) is 3. The zero-order chi connectivity index (χ0) is 16.7. The summed E-state index contributed by atoms with van der Waals surface area (Å²) in [5.74, 6) is -0.329. The molecule has 2 heterocycles. The van der Waals surface area contributed by atoms with Crippen molar-refractivity contribution in [1.29, 1.82) is 0 Å². The summed E-state index contributed by atoms with van der Waals surface area (Å²) in [5, 5.41) is 0. The first kappa shape index (κ1) is 14.9. The van der Waals surface area contributed by atoms with E-state index in [4.69, 9.17) is 0 Å². The molecule has 1 aliphatic heterocycles. The highest BCUT2D eigenvalue weighted by Gasteiger charge is 2.27. The van der Waals surface area contributed by atoms with Gasteiger partial charge in [-0.05, 0) is 43.4 Å². The third-order valence-corrected chi connectivity index (χ3v) is 4.84. The van der Waals surface area contributed by atoms with Gasteiger partial charge in [-0.15, -0.1) is 0 Å². The Hall–Kier alpha value is -2.69. The van der Waals surface area contributed by atoms with Crippen LogP contribution in [-0.4, -0.2) is 23.2 Å². The van der Waals surface area contributed by atoms with Gasteiger partial charge in [0.15, 0.2) is 5.78 Å². The summed E-state index contributed by atoms with van der Waals surface area (Å²) in [7, 11) is 0. The van der Waals surface area contributed by atoms with Gasteiger partial charge in [0, 0.05) is 29.9 Å². The highest BCUT2D eigenvalue weighted by molar-refractivity contribution is 6.08. The molecule has 24 heavy (non-hydrogen) atoms. The molecule has 5 heteroatoms. The second-order valence-corrected chi connectivity index (χ2v) is 6.37. The molecule has 4 rings (SSSR count). The van der Waals surface area contributed by atoms with Crippen molar-refractivity contribution in [3.8, 4) is 0 Å². The third-order valence-electron chi connectivity index (χ3n) is 4.84. The number of aromatic nitrogens is 1. The van der Waals surface area contributed by atoms with Gasteiger partial charge < -0.3 is 9.88 Å². The van der Waals surface area contributed by atoms with Crippen molar-refractivity contribution >= 4 is 17.4 Å². The molecule has 0 atom stereocenters. The summed E-state index contributed by atoms with van der Waals surface area (Å²) < 4.78 is 0. The normalized spacial score (nSPS) is 16.5. The molecule has 5 nitrogen and oxygen atoms in total. The number of para-hydroxylation sites is 1. The number of rotatable bonds is 1. The molecular weight excluding hydrogens is 304 g/mol. The molecule has 1 aliphatic carbocycles. The lowest BCUT2D eigenvalue weighted by Gasteiger charge is -2.29. The summed E-state index contributed by atoms with van der Waals surface area (Å²) in [5.41, 5.74) is 2.78. The lowest BCUT2D eigenvalue weighted by Crippen LogP contribution is -2.39. The smallest absolute Gasteiger partial charge is 0.263 e. The average molecular weight is 322 g/mol. The standard InChI is InChI=1S/C19H18N2O3/c22-17-9-3-7-15-13(17)11-14(18(23)20-15)19(24)21-10-4-6-12-5-1-2-8-16(12)21/h1-2,5,8,11H,3-4,6-7,9-10H2,(H,20,23). The fourth-order valence-corrected chi connectivity index (χ4v) is 3.62. The third kappa shape index (κ3) is 2.37. The van der Waals surface area contributed by atoms with E-state index in [0.29, 0.717) is 30.6 Å². The molecule has 122 valence electrons. The van der Waals surface area contributed by atoms with Gasteiger partial charge in [-0.2, -0.15) is 0 Å². The van der Waals surface area contributed by atoms with E-state index in [1.165, 1.54) is 6.07 Å². The van der Waals surface area contributed by atoms with Gasteiger partial charge in [-0.3, -0.25) is 14.4 Å². The minimum absolute atomic E-state index is 0.000550. The second kappa shape index (κ2) is 5.74. The van der Waals surface area contributed by atoms with Crippen LogP contribution in [0.15, 0.2) is 35.1 Å². The number of Topliss-reactive ketones (excluding diaryl/α,β-unsaturated/α-hetero) is 1. The number of H-pyrrole nitrogens is 1. The lowest BCUT2D eigenvalue weighted by atomic mass is 9.93. The molecule has 2 aliphatic rings. The summed E-state index contributed by atoms with van der Waals surface area (Å²) in [6.45, 7) is 0.584. The highest BCUT2D eigenvalue weighted by Crippen LogP contribution is 2.28. The number of carbonyl (C=O) groups excluding carboxylic acids is 2. The molecule has 0 radical (unpaired) electrons. The molecule has 0 bridgehead atoms. The largest absolute Gasteiger partial charge is 0.325 e. The quantitative estimate of drug-likeness (QED) is 0.877. The zero-order valence-corrected chi connectivity index (χ0v) is 13.3. The molecule has 0 saturated heterocycles. The predicted molar refractivity (Wildman–Crippen MR) is 90.8 cm³/mol. The van der Waals surface area contributed by atoms with E-state index >= 15 is 0 Å². The number of aromatic amines is 1. The van der Waals surface area contributed by atoms with Crippen LogP contribution in [0.5, 0.6) is 0 Å². The number of amides is 1. The number of aryl methyl sites for hydroxylation is 2. The van der Waals surface area contributed by atoms with Crippen molar-refractivity contribution in [3.05, 3.63) is 63.1 Å². The summed E-state index contributed by atoms with van der Waals surface area (Å²) in [6, 6.07) is 9.26. The van der Waals surface area contributed by atoms with E-state index in [1.807, 2.05) is 24.3 Å². The fraction of sp³-hybridized carbons (Fsp3) is 0.316. The van der Waals surface area contributed by atoms with Gasteiger partial charge in [-0.1, -0.05) is 18.2 Å². The van der Waals surface area contributed by atoms with Crippen LogP contribution in [-0.2, 0) is 12.8 Å². The maximum Gasteiger partial charge on any atom is 0.263 e. The van der Waals surface area contributed by atoms with Gasteiger partial charge in [0.05, 0.1) is 0 Å². The number of nitrogens with zero attached hydrogens (tertiary/aromatic N) is 1. The Labute approximate surface area is 139 Å². The van der Waals surface area contributed by atoms with Gasteiger partial charge in [0.25, 0.3) is 11.5 Å². The van der Waals surface area contributed by atoms with E-state index in [0.717, 1.165) is 30.5 Å². The van der Waals surface area contributed by atoms with Gasteiger partial charge in [-0.25, -0.2) is 0 Å². The van der Waals surface area contributed by atoms with Crippen LogP contribution in [0.2, 0.25) is 0 Å². The molecule has 2 aromatic rings. The topological polar surface area (TPSA) is 70.2 Å². The Balaban J connectivity index is 1.78. The Kier molecular flexibility index (Phi) is 3.56. The summed E-state index contributed by atoms with van der Waals surface area (Å²) >= 11 is 0. The van der Waals surface area contributed by atoms with Crippen LogP contribution >= 0.6 is 0 Å². The Morgan fingerprint density at radius 2 is 1.88 bits per heavy atom. The van der Waals surface area contributed by atoms with Crippen molar-refractivity contribution < 1.29 is 9.59 Å². The van der Waals surface area contributed by atoms with E-state index < -0.39 is 5.56 Å². The first-order valence-corrected chi connectivity index (χ1v) is 8.34. The van der Waals surface area contributed by atoms with Crippen molar-refractivity contribution in [3.63, 3.8) is 0 Å². The number of benzene rings is 1. The van der Waals surface area contributed by atoms with E-state index in [2.05, 4.69) is 4.98 Å². The first-order valence-electron chi connectivity index (χ1n) is 8.34. The number of nitrogens with one attached hydrogen (secondary N) is 1. The minimum Gasteiger partial charge on any atom is -0.325 e. The van der Waals surface area contributed by atoms with Crippen LogP contribution in [0, 0.1) is 0 Å². The monoisotopic (exact) mass is 322 g/mol.